The summed E-state index contributed by atoms with van der Waals surface area (Å²) in [5, 5.41) is 0. The number of benzene rings is 1. The van der Waals surface area contributed by atoms with Crippen LogP contribution in [-0.2, 0) is 4.74 Å². The van der Waals surface area contributed by atoms with E-state index < -0.39 is 0 Å². The standard InChI is InChI=1S/C12H19NO/c1-3-4-11(9-14-2)10-5-7-12(13)8-6-10/h5-8,11H,3-4,9,13H2,1-2H3. The van der Waals surface area contributed by atoms with Crippen molar-refractivity contribution in [2.24, 2.45) is 0 Å². The Labute approximate surface area is 86.1 Å². The average Bonchev–Trinajstić information content (AvgIpc) is 2.19. The van der Waals surface area contributed by atoms with Crippen molar-refractivity contribution in [1.29, 1.82) is 0 Å². The van der Waals surface area contributed by atoms with E-state index in [1.54, 1.807) is 7.11 Å². The molecule has 0 aromatic heterocycles. The van der Waals surface area contributed by atoms with Crippen molar-refractivity contribution >= 4 is 5.69 Å². The molecule has 2 nitrogen and oxygen atoms in total. The minimum atomic E-state index is 0.505. The van der Waals surface area contributed by atoms with Crippen LogP contribution in [0, 0.1) is 0 Å². The molecular formula is C12H19NO. The summed E-state index contributed by atoms with van der Waals surface area (Å²) in [6.07, 6.45) is 2.34. The highest BCUT2D eigenvalue weighted by molar-refractivity contribution is 5.40. The molecule has 0 amide bonds. The molecule has 0 radical (unpaired) electrons. The molecule has 0 heterocycles. The first-order valence-corrected chi connectivity index (χ1v) is 5.12. The fourth-order valence-electron chi connectivity index (χ4n) is 1.66. The molecule has 0 aliphatic carbocycles. The van der Waals surface area contributed by atoms with Gasteiger partial charge in [0.1, 0.15) is 0 Å². The van der Waals surface area contributed by atoms with E-state index in [0.717, 1.165) is 18.7 Å². The highest BCUT2D eigenvalue weighted by Crippen LogP contribution is 2.22. The molecule has 78 valence electrons. The SMILES string of the molecule is CCCC(COC)c1ccc(N)cc1. The first-order chi connectivity index (χ1) is 6.77. The van der Waals surface area contributed by atoms with Gasteiger partial charge in [-0.15, -0.1) is 0 Å². The lowest BCUT2D eigenvalue weighted by atomic mass is 9.95. The van der Waals surface area contributed by atoms with E-state index in [0.29, 0.717) is 5.92 Å². The minimum absolute atomic E-state index is 0.505. The Morgan fingerprint density at radius 1 is 1.29 bits per heavy atom. The molecule has 0 spiro atoms. The Morgan fingerprint density at radius 3 is 2.43 bits per heavy atom. The minimum Gasteiger partial charge on any atom is -0.399 e. The summed E-state index contributed by atoms with van der Waals surface area (Å²) in [6, 6.07) is 8.09. The molecule has 2 N–H and O–H groups in total. The van der Waals surface area contributed by atoms with E-state index in [9.17, 15) is 0 Å². The Hall–Kier alpha value is -1.02. The lowest BCUT2D eigenvalue weighted by molar-refractivity contribution is 0.175. The van der Waals surface area contributed by atoms with Crippen molar-refractivity contribution in [1.82, 2.24) is 0 Å². The van der Waals surface area contributed by atoms with E-state index in [1.165, 1.54) is 12.0 Å². The Kier molecular flexibility index (Phi) is 4.47. The summed E-state index contributed by atoms with van der Waals surface area (Å²) in [6.45, 7) is 2.98. The highest BCUT2D eigenvalue weighted by Gasteiger charge is 2.09. The van der Waals surface area contributed by atoms with Gasteiger partial charge in [0.2, 0.25) is 0 Å². The van der Waals surface area contributed by atoms with Gasteiger partial charge in [-0.1, -0.05) is 25.5 Å². The lowest BCUT2D eigenvalue weighted by Crippen LogP contribution is -2.06. The molecular weight excluding hydrogens is 174 g/mol. The van der Waals surface area contributed by atoms with Crippen molar-refractivity contribution in [2.75, 3.05) is 19.5 Å². The summed E-state index contributed by atoms with van der Waals surface area (Å²) in [7, 11) is 1.75. The fraction of sp³-hybridized carbons (Fsp3) is 0.500. The number of nitrogen functional groups attached to an aromatic ring is 1. The van der Waals surface area contributed by atoms with Gasteiger partial charge in [0, 0.05) is 18.7 Å². The molecule has 0 saturated carbocycles. The zero-order chi connectivity index (χ0) is 10.4. The molecule has 0 fully saturated rings. The second-order valence-corrected chi connectivity index (χ2v) is 3.61. The van der Waals surface area contributed by atoms with Crippen molar-refractivity contribution in [3.8, 4) is 0 Å². The molecule has 0 bridgehead atoms. The Balaban J connectivity index is 2.71. The second kappa shape index (κ2) is 5.66. The van der Waals surface area contributed by atoms with Gasteiger partial charge >= 0.3 is 0 Å². The predicted molar refractivity (Wildman–Crippen MR) is 60.4 cm³/mol. The highest BCUT2D eigenvalue weighted by atomic mass is 16.5. The molecule has 1 rings (SSSR count). The number of rotatable bonds is 5. The second-order valence-electron chi connectivity index (χ2n) is 3.61. The zero-order valence-corrected chi connectivity index (χ0v) is 8.99. The Bertz CT molecular complexity index is 250. The summed E-state index contributed by atoms with van der Waals surface area (Å²) >= 11 is 0. The smallest absolute Gasteiger partial charge is 0.0530 e. The van der Waals surface area contributed by atoms with Crippen LogP contribution in [0.2, 0.25) is 0 Å². The van der Waals surface area contributed by atoms with Crippen LogP contribution in [0.4, 0.5) is 5.69 Å². The van der Waals surface area contributed by atoms with Crippen molar-refractivity contribution in [3.63, 3.8) is 0 Å². The summed E-state index contributed by atoms with van der Waals surface area (Å²) in [5.74, 6) is 0.505. The van der Waals surface area contributed by atoms with Crippen LogP contribution in [0.5, 0.6) is 0 Å². The largest absolute Gasteiger partial charge is 0.399 e. The third kappa shape index (κ3) is 3.04. The van der Waals surface area contributed by atoms with Gasteiger partial charge < -0.3 is 10.5 Å². The van der Waals surface area contributed by atoms with Crippen LogP contribution in [0.1, 0.15) is 31.2 Å². The van der Waals surface area contributed by atoms with Crippen LogP contribution in [0.15, 0.2) is 24.3 Å². The number of nitrogens with two attached hydrogens (primary N) is 1. The van der Waals surface area contributed by atoms with E-state index in [1.807, 2.05) is 12.1 Å². The molecule has 14 heavy (non-hydrogen) atoms. The number of hydrogen-bond acceptors (Lipinski definition) is 2. The van der Waals surface area contributed by atoms with Crippen molar-refractivity contribution in [2.45, 2.75) is 25.7 Å². The molecule has 0 saturated heterocycles. The van der Waals surface area contributed by atoms with Crippen LogP contribution in [0.3, 0.4) is 0 Å². The van der Waals surface area contributed by atoms with E-state index in [-0.39, 0.29) is 0 Å². The van der Waals surface area contributed by atoms with Crippen LogP contribution < -0.4 is 5.73 Å². The van der Waals surface area contributed by atoms with Crippen molar-refractivity contribution in [3.05, 3.63) is 29.8 Å². The maximum absolute atomic E-state index is 5.64. The molecule has 1 unspecified atom stereocenters. The van der Waals surface area contributed by atoms with Gasteiger partial charge in [0.25, 0.3) is 0 Å². The number of anilines is 1. The van der Waals surface area contributed by atoms with Gasteiger partial charge in [0.15, 0.2) is 0 Å². The van der Waals surface area contributed by atoms with Crippen LogP contribution in [0.25, 0.3) is 0 Å². The normalized spacial score (nSPS) is 12.7. The quantitative estimate of drug-likeness (QED) is 0.730. The van der Waals surface area contributed by atoms with Gasteiger partial charge in [-0.25, -0.2) is 0 Å². The average molecular weight is 193 g/mol. The molecule has 1 aromatic carbocycles. The molecule has 0 aliphatic rings. The van der Waals surface area contributed by atoms with Crippen LogP contribution >= 0.6 is 0 Å². The predicted octanol–water partition coefficient (Wildman–Crippen LogP) is 2.80. The van der Waals surface area contributed by atoms with Gasteiger partial charge in [-0.2, -0.15) is 0 Å². The number of methoxy groups -OCH3 is 1. The monoisotopic (exact) mass is 193 g/mol. The fourth-order valence-corrected chi connectivity index (χ4v) is 1.66. The van der Waals surface area contributed by atoms with Gasteiger partial charge in [0.05, 0.1) is 6.61 Å². The van der Waals surface area contributed by atoms with E-state index >= 15 is 0 Å². The van der Waals surface area contributed by atoms with Crippen molar-refractivity contribution < 1.29 is 4.74 Å². The maximum Gasteiger partial charge on any atom is 0.0530 e. The molecule has 1 aromatic rings. The van der Waals surface area contributed by atoms with E-state index in [4.69, 9.17) is 10.5 Å². The topological polar surface area (TPSA) is 35.2 Å². The summed E-state index contributed by atoms with van der Waals surface area (Å²) in [5.41, 5.74) is 7.79. The Morgan fingerprint density at radius 2 is 1.93 bits per heavy atom. The summed E-state index contributed by atoms with van der Waals surface area (Å²) < 4.78 is 5.21. The van der Waals surface area contributed by atoms with Gasteiger partial charge in [-0.3, -0.25) is 0 Å². The van der Waals surface area contributed by atoms with Gasteiger partial charge in [-0.05, 0) is 24.1 Å². The maximum atomic E-state index is 5.64. The molecule has 1 atom stereocenters. The summed E-state index contributed by atoms with van der Waals surface area (Å²) in [4.78, 5) is 0. The third-order valence-corrected chi connectivity index (χ3v) is 2.41. The lowest BCUT2D eigenvalue weighted by Gasteiger charge is -2.15. The van der Waals surface area contributed by atoms with E-state index in [2.05, 4.69) is 19.1 Å². The molecule has 0 aliphatic heterocycles. The number of ether oxygens (including phenoxy) is 1. The van der Waals surface area contributed by atoms with Crippen LogP contribution in [-0.4, -0.2) is 13.7 Å². The molecule has 2 heteroatoms. The first kappa shape index (κ1) is 11.1. The zero-order valence-electron chi connectivity index (χ0n) is 8.99. The first-order valence-electron chi connectivity index (χ1n) is 5.12. The number of hydrogen-bond donors (Lipinski definition) is 1. The third-order valence-electron chi connectivity index (χ3n) is 2.41.